The molecule has 4 rings (SSSR count). The van der Waals surface area contributed by atoms with Gasteiger partial charge < -0.3 is 15.2 Å². The zero-order chi connectivity index (χ0) is 24.2. The third kappa shape index (κ3) is 4.54. The van der Waals surface area contributed by atoms with Crippen molar-refractivity contribution in [1.82, 2.24) is 15.1 Å². The van der Waals surface area contributed by atoms with E-state index in [1.54, 1.807) is 7.05 Å². The number of rotatable bonds is 8. The van der Waals surface area contributed by atoms with Gasteiger partial charge in [0.15, 0.2) is 5.69 Å². The van der Waals surface area contributed by atoms with Crippen LogP contribution in [0.1, 0.15) is 34.0 Å². The number of aliphatic carboxylic acids is 1. The van der Waals surface area contributed by atoms with E-state index < -0.39 is 24.0 Å². The summed E-state index contributed by atoms with van der Waals surface area (Å²) in [6, 6.07) is 16.3. The lowest BCUT2D eigenvalue weighted by Crippen LogP contribution is -2.40. The van der Waals surface area contributed by atoms with Crippen molar-refractivity contribution in [2.75, 3.05) is 11.9 Å². The highest BCUT2D eigenvalue weighted by Gasteiger charge is 2.29. The quantitative estimate of drug-likeness (QED) is 0.442. The second-order valence-corrected chi connectivity index (χ2v) is 7.88. The number of fused-ring (bicyclic) bond motifs is 3. The molecule has 0 bridgehead atoms. The van der Waals surface area contributed by atoms with Crippen molar-refractivity contribution >= 4 is 23.8 Å². The number of carbonyl (C=O) groups excluding carboxylic acids is 2. The Kier molecular flexibility index (Phi) is 6.44. The Labute approximate surface area is 196 Å². The lowest BCUT2D eigenvalue weighted by Gasteiger charge is -2.14. The van der Waals surface area contributed by atoms with E-state index in [1.165, 1.54) is 16.8 Å². The van der Waals surface area contributed by atoms with Gasteiger partial charge in [0.25, 0.3) is 5.91 Å². The van der Waals surface area contributed by atoms with E-state index in [0.717, 1.165) is 22.3 Å². The van der Waals surface area contributed by atoms with Crippen LogP contribution in [0.15, 0.2) is 67.3 Å². The smallest absolute Gasteiger partial charge is 0.412 e. The van der Waals surface area contributed by atoms with Gasteiger partial charge in [0.2, 0.25) is 0 Å². The zero-order valence-corrected chi connectivity index (χ0v) is 18.5. The minimum Gasteiger partial charge on any atom is -0.480 e. The number of hydrogen-bond donors (Lipinski definition) is 3. The summed E-state index contributed by atoms with van der Waals surface area (Å²) in [7, 11) is 1.55. The molecule has 1 aromatic heterocycles. The first kappa shape index (κ1) is 22.8. The highest BCUT2D eigenvalue weighted by atomic mass is 16.5. The van der Waals surface area contributed by atoms with Gasteiger partial charge in [0, 0.05) is 19.0 Å². The lowest BCUT2D eigenvalue weighted by molar-refractivity contribution is -0.139. The SMILES string of the molecule is C=CCC(NC(=O)c1cc(NC(=O)OCC2c3ccccc3-c3ccccc32)n(C)n1)C(=O)O. The van der Waals surface area contributed by atoms with E-state index in [9.17, 15) is 19.5 Å². The standard InChI is InChI=1S/C25H24N4O5/c1-3-8-20(24(31)32)26-23(30)21-13-22(29(2)28-21)27-25(33)34-14-19-17-11-6-4-9-15(17)16-10-5-7-12-18(16)19/h3-7,9-13,19-20H,1,8,14H2,2H3,(H,26,30)(H,27,33)(H,31,32). The predicted molar refractivity (Wildman–Crippen MR) is 126 cm³/mol. The van der Waals surface area contributed by atoms with Crippen molar-refractivity contribution in [2.24, 2.45) is 7.05 Å². The summed E-state index contributed by atoms with van der Waals surface area (Å²) in [6.07, 6.45) is 0.785. The fourth-order valence-electron chi connectivity index (χ4n) is 4.05. The summed E-state index contributed by atoms with van der Waals surface area (Å²) in [5.41, 5.74) is 4.43. The molecule has 0 aliphatic heterocycles. The third-order valence-corrected chi connectivity index (χ3v) is 5.69. The van der Waals surface area contributed by atoms with Crippen molar-refractivity contribution < 1.29 is 24.2 Å². The van der Waals surface area contributed by atoms with Crippen LogP contribution in [0, 0.1) is 0 Å². The van der Waals surface area contributed by atoms with Gasteiger partial charge >= 0.3 is 12.1 Å². The van der Waals surface area contributed by atoms with Crippen LogP contribution >= 0.6 is 0 Å². The molecule has 0 spiro atoms. The van der Waals surface area contributed by atoms with Crippen LogP contribution in [0.25, 0.3) is 11.1 Å². The second-order valence-electron chi connectivity index (χ2n) is 7.88. The molecule has 1 heterocycles. The van der Waals surface area contributed by atoms with Crippen molar-refractivity contribution in [2.45, 2.75) is 18.4 Å². The van der Waals surface area contributed by atoms with Gasteiger partial charge in [-0.2, -0.15) is 5.10 Å². The normalized spacial score (nSPS) is 12.9. The first-order valence-corrected chi connectivity index (χ1v) is 10.7. The summed E-state index contributed by atoms with van der Waals surface area (Å²) < 4.78 is 6.82. The van der Waals surface area contributed by atoms with Gasteiger partial charge in [-0.15, -0.1) is 6.58 Å². The average molecular weight is 460 g/mol. The van der Waals surface area contributed by atoms with Gasteiger partial charge in [-0.3, -0.25) is 14.8 Å². The van der Waals surface area contributed by atoms with Crippen LogP contribution in [-0.4, -0.2) is 45.5 Å². The molecule has 0 saturated carbocycles. The molecule has 0 radical (unpaired) electrons. The molecule has 1 unspecified atom stereocenters. The predicted octanol–water partition coefficient (Wildman–Crippen LogP) is 3.54. The minimum atomic E-state index is -1.18. The Morgan fingerprint density at radius 2 is 1.76 bits per heavy atom. The van der Waals surface area contributed by atoms with Gasteiger partial charge in [-0.25, -0.2) is 9.59 Å². The number of amides is 2. The van der Waals surface area contributed by atoms with Crippen LogP contribution in [-0.2, 0) is 16.6 Å². The number of carboxylic acid groups (broad SMARTS) is 1. The number of carboxylic acids is 1. The van der Waals surface area contributed by atoms with Crippen LogP contribution in [0.4, 0.5) is 10.6 Å². The zero-order valence-electron chi connectivity index (χ0n) is 18.5. The fraction of sp³-hybridized carbons (Fsp3) is 0.200. The van der Waals surface area contributed by atoms with E-state index in [2.05, 4.69) is 34.4 Å². The highest BCUT2D eigenvalue weighted by Crippen LogP contribution is 2.44. The van der Waals surface area contributed by atoms with E-state index in [1.807, 2.05) is 36.4 Å². The Balaban J connectivity index is 1.41. The number of nitrogens with one attached hydrogen (secondary N) is 2. The lowest BCUT2D eigenvalue weighted by atomic mass is 9.98. The molecule has 3 aromatic rings. The Morgan fingerprint density at radius 3 is 2.35 bits per heavy atom. The third-order valence-electron chi connectivity index (χ3n) is 5.69. The summed E-state index contributed by atoms with van der Waals surface area (Å²) in [6.45, 7) is 3.63. The summed E-state index contributed by atoms with van der Waals surface area (Å²) in [5, 5.41) is 18.2. The Hall–Kier alpha value is -4.40. The molecule has 9 nitrogen and oxygen atoms in total. The van der Waals surface area contributed by atoms with E-state index >= 15 is 0 Å². The van der Waals surface area contributed by atoms with Crippen molar-refractivity contribution in [3.05, 3.63) is 84.1 Å². The highest BCUT2D eigenvalue weighted by molar-refractivity contribution is 5.96. The molecule has 0 fully saturated rings. The molecule has 2 amide bonds. The topological polar surface area (TPSA) is 123 Å². The number of carbonyl (C=O) groups is 3. The van der Waals surface area contributed by atoms with Crippen molar-refractivity contribution in [3.8, 4) is 11.1 Å². The van der Waals surface area contributed by atoms with E-state index in [0.29, 0.717) is 0 Å². The number of nitrogens with zero attached hydrogens (tertiary/aromatic N) is 2. The minimum absolute atomic E-state index is 0.0354. The molecule has 1 atom stereocenters. The van der Waals surface area contributed by atoms with Gasteiger partial charge in [-0.05, 0) is 28.7 Å². The van der Waals surface area contributed by atoms with Gasteiger partial charge in [0.05, 0.1) is 0 Å². The number of aromatic nitrogens is 2. The van der Waals surface area contributed by atoms with Gasteiger partial charge in [0.1, 0.15) is 18.5 Å². The molecule has 1 aliphatic carbocycles. The Bertz CT molecular complexity index is 1220. The molecule has 9 heteroatoms. The number of benzene rings is 2. The van der Waals surface area contributed by atoms with Crippen LogP contribution in [0.5, 0.6) is 0 Å². The monoisotopic (exact) mass is 460 g/mol. The summed E-state index contributed by atoms with van der Waals surface area (Å²) in [5.74, 6) is -1.70. The van der Waals surface area contributed by atoms with E-state index in [-0.39, 0.29) is 30.5 Å². The van der Waals surface area contributed by atoms with Crippen LogP contribution in [0.2, 0.25) is 0 Å². The fourth-order valence-corrected chi connectivity index (χ4v) is 4.05. The molecule has 1 aliphatic rings. The summed E-state index contributed by atoms with van der Waals surface area (Å²) >= 11 is 0. The Morgan fingerprint density at radius 1 is 1.15 bits per heavy atom. The number of ether oxygens (including phenoxy) is 1. The average Bonchev–Trinajstić information content (AvgIpc) is 3.35. The van der Waals surface area contributed by atoms with E-state index in [4.69, 9.17) is 4.74 Å². The largest absolute Gasteiger partial charge is 0.480 e. The molecule has 2 aromatic carbocycles. The van der Waals surface area contributed by atoms with Crippen molar-refractivity contribution in [3.63, 3.8) is 0 Å². The maximum absolute atomic E-state index is 12.5. The van der Waals surface area contributed by atoms with Crippen molar-refractivity contribution in [1.29, 1.82) is 0 Å². The van der Waals surface area contributed by atoms with Crippen LogP contribution in [0.3, 0.4) is 0 Å². The molecule has 174 valence electrons. The molecular formula is C25H24N4O5. The first-order chi connectivity index (χ1) is 16.4. The number of hydrogen-bond acceptors (Lipinski definition) is 5. The maximum Gasteiger partial charge on any atom is 0.412 e. The molecule has 0 saturated heterocycles. The molecule has 3 N–H and O–H groups in total. The number of aryl methyl sites for hydroxylation is 1. The number of anilines is 1. The molecular weight excluding hydrogens is 436 g/mol. The first-order valence-electron chi connectivity index (χ1n) is 10.7. The maximum atomic E-state index is 12.5. The summed E-state index contributed by atoms with van der Waals surface area (Å²) in [4.78, 5) is 36.2. The molecule has 34 heavy (non-hydrogen) atoms. The second kappa shape index (κ2) is 9.62. The van der Waals surface area contributed by atoms with Gasteiger partial charge in [-0.1, -0.05) is 54.6 Å². The van der Waals surface area contributed by atoms with Crippen LogP contribution < -0.4 is 10.6 Å².